The number of aliphatic imine (C=N–C) groups is 1. The number of aromatic nitrogens is 1. The number of fused-ring (bicyclic) bond motifs is 1. The van der Waals surface area contributed by atoms with Crippen LogP contribution in [0.25, 0.3) is 10.9 Å². The molecule has 482 valence electrons. The molecule has 1 aromatic heterocycles. The Morgan fingerprint density at radius 3 is 1.64 bits per heavy atom. The summed E-state index contributed by atoms with van der Waals surface area (Å²) in [6.45, 7) is 4.54. The first-order chi connectivity index (χ1) is 41.4. The fourth-order valence-electron chi connectivity index (χ4n) is 8.69. The Morgan fingerprint density at radius 1 is 0.534 bits per heavy atom. The minimum atomic E-state index is -1.99. The monoisotopic (exact) mass is 1240 g/mol. The van der Waals surface area contributed by atoms with Crippen LogP contribution in [0.15, 0.2) is 65.8 Å². The second-order valence-corrected chi connectivity index (χ2v) is 21.2. The molecule has 0 unspecified atom stereocenters. The van der Waals surface area contributed by atoms with Gasteiger partial charge in [0.15, 0.2) is 5.96 Å². The number of nitrogens with two attached hydrogens (primary N) is 6. The topological polar surface area (TPSA) is 575 Å². The van der Waals surface area contributed by atoms with Gasteiger partial charge in [0.2, 0.25) is 70.9 Å². The van der Waals surface area contributed by atoms with Gasteiger partial charge >= 0.3 is 5.97 Å². The van der Waals surface area contributed by atoms with E-state index in [1.165, 1.54) is 13.1 Å². The number of amides is 12. The number of carboxylic acids is 1. The predicted molar refractivity (Wildman–Crippen MR) is 315 cm³/mol. The van der Waals surface area contributed by atoms with Crippen molar-refractivity contribution in [2.75, 3.05) is 13.2 Å². The summed E-state index contributed by atoms with van der Waals surface area (Å²) in [5, 5.41) is 53.0. The number of aliphatic carboxylic acids is 1. The number of benzene rings is 2. The Bertz CT molecular complexity index is 2990. The molecule has 12 amide bonds. The lowest BCUT2D eigenvalue weighted by Crippen LogP contribution is -2.62. The minimum absolute atomic E-state index is 0.0342. The van der Waals surface area contributed by atoms with E-state index in [-0.39, 0.29) is 50.5 Å². The van der Waals surface area contributed by atoms with Crippen LogP contribution in [-0.2, 0) is 75.2 Å². The zero-order valence-electron chi connectivity index (χ0n) is 49.0. The van der Waals surface area contributed by atoms with E-state index in [9.17, 15) is 77.6 Å². The highest BCUT2D eigenvalue weighted by atomic mass is 16.4. The van der Waals surface area contributed by atoms with Crippen molar-refractivity contribution in [1.82, 2.24) is 52.8 Å². The zero-order valence-corrected chi connectivity index (χ0v) is 49.0. The molecule has 0 saturated carbocycles. The number of primary amides is 3. The molecule has 1 heterocycles. The van der Waals surface area contributed by atoms with Gasteiger partial charge in [-0.1, -0.05) is 62.4 Å². The third kappa shape index (κ3) is 24.7. The molecule has 0 radical (unpaired) electrons. The van der Waals surface area contributed by atoms with Crippen molar-refractivity contribution in [1.29, 1.82) is 0 Å². The van der Waals surface area contributed by atoms with Gasteiger partial charge in [-0.3, -0.25) is 62.5 Å². The van der Waals surface area contributed by atoms with Crippen molar-refractivity contribution in [2.45, 2.75) is 152 Å². The van der Waals surface area contributed by atoms with E-state index in [4.69, 9.17) is 34.4 Å². The number of nitrogens with one attached hydrogen (secondary N) is 10. The van der Waals surface area contributed by atoms with Gasteiger partial charge in [-0.05, 0) is 62.6 Å². The fourth-order valence-corrected chi connectivity index (χ4v) is 8.69. The normalized spacial score (nSPS) is 14.8. The van der Waals surface area contributed by atoms with E-state index in [1.807, 2.05) is 0 Å². The molecule has 33 heteroatoms. The predicted octanol–water partition coefficient (Wildman–Crippen LogP) is -6.76. The highest BCUT2D eigenvalue weighted by molar-refractivity contribution is 6.00. The second-order valence-electron chi connectivity index (χ2n) is 21.2. The third-order valence-corrected chi connectivity index (χ3v) is 13.3. The number of aromatic amines is 1. The molecule has 25 N–H and O–H groups in total. The average molecular weight is 1240 g/mol. The lowest BCUT2D eigenvalue weighted by molar-refractivity contribution is -0.142. The number of aliphatic hydroxyl groups is 2. The van der Waals surface area contributed by atoms with Crippen molar-refractivity contribution in [3.63, 3.8) is 0 Å². The Morgan fingerprint density at radius 2 is 1.05 bits per heavy atom. The van der Waals surface area contributed by atoms with Crippen LogP contribution in [0.2, 0.25) is 0 Å². The number of hydrogen-bond acceptors (Lipinski definition) is 17. The molecule has 3 aromatic rings. The molecule has 0 spiro atoms. The molecule has 0 aliphatic rings. The van der Waals surface area contributed by atoms with E-state index in [2.05, 4.69) is 57.8 Å². The van der Waals surface area contributed by atoms with Gasteiger partial charge in [0.05, 0.1) is 31.6 Å². The number of para-hydroxylation sites is 1. The number of carbonyl (C=O) groups is 13. The number of rotatable bonds is 38. The van der Waals surface area contributed by atoms with Gasteiger partial charge in [0.25, 0.3) is 0 Å². The molecule has 11 atom stereocenters. The number of hydrogen-bond donors (Lipinski definition) is 19. The molecule has 0 fully saturated rings. The quantitative estimate of drug-likeness (QED) is 0.0144. The summed E-state index contributed by atoms with van der Waals surface area (Å²) >= 11 is 0. The van der Waals surface area contributed by atoms with Crippen LogP contribution in [0, 0.1) is 5.92 Å². The number of carbonyl (C=O) groups excluding carboxylic acids is 12. The Balaban J connectivity index is 1.91. The molecule has 3 rings (SSSR count). The van der Waals surface area contributed by atoms with Crippen LogP contribution < -0.4 is 82.3 Å². The molecule has 0 aliphatic carbocycles. The lowest BCUT2D eigenvalue weighted by Gasteiger charge is -2.28. The second kappa shape index (κ2) is 35.6. The fraction of sp³-hybridized carbons (Fsp3) is 0.491. The van der Waals surface area contributed by atoms with Gasteiger partial charge in [0, 0.05) is 42.9 Å². The largest absolute Gasteiger partial charge is 0.480 e. The minimum Gasteiger partial charge on any atom is -0.480 e. The SMILES string of the molecule is CC(C)C[C@H](NC(=O)[C@@H](N)CC(N)=O)C(=O)N[C@@H](CC(N)=O)C(=O)N[C@@H](Cc1c[nH]c2ccccc12)C(=O)N[C@H](C(=O)N[C@@H](CCC(N)=O)C(=O)N[C@@H](CO)C(=O)N[C@@H](CCCN=C(N)N)C(=O)N[C@@H](C)C(=O)N[C@@H](Cc1ccccc1)C(=O)O)[C@@H](C)O. The third-order valence-electron chi connectivity index (χ3n) is 13.3. The Labute approximate surface area is 505 Å². The summed E-state index contributed by atoms with van der Waals surface area (Å²) in [6, 6.07) is -1.20. The number of guanidine groups is 1. The molecule has 2 aromatic carbocycles. The average Bonchev–Trinajstić information content (AvgIpc) is 2.06. The molecule has 0 saturated heterocycles. The number of aliphatic hydroxyl groups excluding tert-OH is 2. The van der Waals surface area contributed by atoms with Crippen LogP contribution in [0.5, 0.6) is 0 Å². The Hall–Kier alpha value is -9.76. The first-order valence-electron chi connectivity index (χ1n) is 27.9. The van der Waals surface area contributed by atoms with Crippen LogP contribution in [0.4, 0.5) is 0 Å². The first kappa shape index (κ1) is 72.5. The van der Waals surface area contributed by atoms with E-state index in [0.29, 0.717) is 22.0 Å². The van der Waals surface area contributed by atoms with Crippen molar-refractivity contribution in [2.24, 2.45) is 45.3 Å². The van der Waals surface area contributed by atoms with E-state index >= 15 is 0 Å². The molecular weight excluding hydrogens is 1150 g/mol. The summed E-state index contributed by atoms with van der Waals surface area (Å²) in [4.78, 5) is 179. The maximum atomic E-state index is 14.5. The van der Waals surface area contributed by atoms with Crippen LogP contribution in [-0.4, -0.2) is 183 Å². The molecule has 88 heavy (non-hydrogen) atoms. The van der Waals surface area contributed by atoms with E-state index in [1.54, 1.807) is 68.4 Å². The Kier molecular flexibility index (Phi) is 29.4. The lowest BCUT2D eigenvalue weighted by atomic mass is 10.0. The first-order valence-corrected chi connectivity index (χ1v) is 27.9. The van der Waals surface area contributed by atoms with Crippen LogP contribution in [0.3, 0.4) is 0 Å². The number of H-pyrrole nitrogens is 1. The van der Waals surface area contributed by atoms with Crippen molar-refractivity contribution in [3.8, 4) is 0 Å². The van der Waals surface area contributed by atoms with Crippen LogP contribution >= 0.6 is 0 Å². The summed E-state index contributed by atoms with van der Waals surface area (Å²) in [5.74, 6) is -14.7. The smallest absolute Gasteiger partial charge is 0.326 e. The summed E-state index contributed by atoms with van der Waals surface area (Å²) in [6.07, 6.45) is -3.52. The highest BCUT2D eigenvalue weighted by Crippen LogP contribution is 2.20. The summed E-state index contributed by atoms with van der Waals surface area (Å²) in [7, 11) is 0. The van der Waals surface area contributed by atoms with Gasteiger partial charge in [-0.25, -0.2) is 4.79 Å². The van der Waals surface area contributed by atoms with Crippen molar-refractivity contribution >= 4 is 93.7 Å². The van der Waals surface area contributed by atoms with Crippen molar-refractivity contribution < 1.29 is 77.6 Å². The highest BCUT2D eigenvalue weighted by Gasteiger charge is 2.37. The maximum absolute atomic E-state index is 14.5. The van der Waals surface area contributed by atoms with Crippen molar-refractivity contribution in [3.05, 3.63) is 71.9 Å². The van der Waals surface area contributed by atoms with Crippen LogP contribution in [0.1, 0.15) is 83.8 Å². The standard InChI is InChI=1S/C55H81N17O16/c1-26(2)19-36(67-46(79)32(56)22-42(58)76)49(82)69-38(23-43(59)77)50(83)68-37(21-30-24-63-33-14-9-8-13-31(30)33)51(84)72-44(28(4)74)53(86)66-35(16-17-41(57)75)48(81)71-40(25-73)52(85)65-34(15-10-18-62-55(60)61)47(80)64-27(3)45(78)70-39(54(87)88)20-29-11-6-5-7-12-29/h5-9,11-14,24,26-28,32,34-40,44,63,73-74H,10,15-23,25,56H2,1-4H3,(H2,57,75)(H2,58,76)(H2,59,77)(H,64,80)(H,65,85)(H,66,86)(H,67,79)(H,68,83)(H,69,82)(H,70,78)(H,71,81)(H,72,84)(H,87,88)(H4,60,61,62)/t27-,28+,32-,34-,35-,36-,37-,38-,39-,40-,44-/m0/s1. The van der Waals surface area contributed by atoms with Gasteiger partial charge in [0.1, 0.15) is 54.4 Å². The molecule has 33 nitrogen and oxygen atoms in total. The summed E-state index contributed by atoms with van der Waals surface area (Å²) < 4.78 is 0. The van der Waals surface area contributed by atoms with Gasteiger partial charge in [-0.15, -0.1) is 0 Å². The molecular formula is C55H81N17O16. The number of carboxylic acid groups (broad SMARTS) is 1. The van der Waals surface area contributed by atoms with E-state index < -0.39 is 176 Å². The number of nitrogens with zero attached hydrogens (tertiary/aromatic N) is 1. The van der Waals surface area contributed by atoms with Gasteiger partial charge < -0.3 is 103 Å². The van der Waals surface area contributed by atoms with Gasteiger partial charge in [-0.2, -0.15) is 0 Å². The molecule has 0 bridgehead atoms. The maximum Gasteiger partial charge on any atom is 0.326 e. The zero-order chi connectivity index (χ0) is 65.9. The molecule has 0 aliphatic heterocycles. The summed E-state index contributed by atoms with van der Waals surface area (Å²) in [5.41, 5.74) is 34.3. The van der Waals surface area contributed by atoms with E-state index in [0.717, 1.165) is 6.92 Å².